The second kappa shape index (κ2) is 5.75. The van der Waals surface area contributed by atoms with Gasteiger partial charge in [0, 0.05) is 16.9 Å². The van der Waals surface area contributed by atoms with Gasteiger partial charge in [-0.2, -0.15) is 0 Å². The zero-order valence-corrected chi connectivity index (χ0v) is 14.4. The van der Waals surface area contributed by atoms with Crippen molar-refractivity contribution in [2.24, 2.45) is 0 Å². The molecule has 0 aliphatic heterocycles. The number of hydrogen-bond acceptors (Lipinski definition) is 1. The number of halogens is 1. The molecule has 0 radical (unpaired) electrons. The van der Waals surface area contributed by atoms with Gasteiger partial charge in [-0.3, -0.25) is 0 Å². The van der Waals surface area contributed by atoms with Crippen LogP contribution < -0.4 is 4.90 Å². The minimum atomic E-state index is -0.210. The SMILES string of the molecule is CC(C)(C)c1ccc(N(c2cccc(F)c2)C(C)(C)C)cc1. The van der Waals surface area contributed by atoms with Crippen molar-refractivity contribution in [2.45, 2.75) is 52.5 Å². The highest BCUT2D eigenvalue weighted by Crippen LogP contribution is 2.34. The lowest BCUT2D eigenvalue weighted by atomic mass is 9.87. The van der Waals surface area contributed by atoms with Gasteiger partial charge in [0.25, 0.3) is 0 Å². The third kappa shape index (κ3) is 3.68. The summed E-state index contributed by atoms with van der Waals surface area (Å²) in [6, 6.07) is 15.3. The molecule has 2 rings (SSSR count). The Labute approximate surface area is 133 Å². The highest BCUT2D eigenvalue weighted by atomic mass is 19.1. The van der Waals surface area contributed by atoms with E-state index in [1.54, 1.807) is 12.1 Å². The van der Waals surface area contributed by atoms with E-state index in [0.29, 0.717) is 0 Å². The van der Waals surface area contributed by atoms with Crippen LogP contribution >= 0.6 is 0 Å². The average molecular weight is 299 g/mol. The highest BCUT2D eigenvalue weighted by Gasteiger charge is 2.24. The van der Waals surface area contributed by atoms with Gasteiger partial charge in [0.15, 0.2) is 0 Å². The van der Waals surface area contributed by atoms with Crippen molar-refractivity contribution in [3.63, 3.8) is 0 Å². The fourth-order valence-electron chi connectivity index (χ4n) is 2.65. The van der Waals surface area contributed by atoms with Crippen molar-refractivity contribution in [3.05, 3.63) is 59.9 Å². The van der Waals surface area contributed by atoms with Crippen molar-refractivity contribution < 1.29 is 4.39 Å². The maximum atomic E-state index is 13.6. The minimum absolute atomic E-state index is 0.129. The predicted molar refractivity (Wildman–Crippen MR) is 93.4 cm³/mol. The lowest BCUT2D eigenvalue weighted by Crippen LogP contribution is -2.37. The maximum Gasteiger partial charge on any atom is 0.125 e. The van der Waals surface area contributed by atoms with Gasteiger partial charge in [0.1, 0.15) is 5.82 Å². The number of anilines is 2. The van der Waals surface area contributed by atoms with E-state index in [1.807, 2.05) is 6.07 Å². The van der Waals surface area contributed by atoms with Crippen molar-refractivity contribution >= 4 is 11.4 Å². The number of hydrogen-bond donors (Lipinski definition) is 0. The quantitative estimate of drug-likeness (QED) is 0.651. The first-order valence-corrected chi connectivity index (χ1v) is 7.75. The van der Waals surface area contributed by atoms with Crippen molar-refractivity contribution in [1.82, 2.24) is 0 Å². The molecule has 1 nitrogen and oxygen atoms in total. The van der Waals surface area contributed by atoms with E-state index in [1.165, 1.54) is 11.6 Å². The summed E-state index contributed by atoms with van der Waals surface area (Å²) in [5.41, 5.74) is 3.23. The van der Waals surface area contributed by atoms with Gasteiger partial charge in [-0.1, -0.05) is 39.0 Å². The molecule has 0 aliphatic rings. The molecular weight excluding hydrogens is 273 g/mol. The molecule has 0 fully saturated rings. The van der Waals surface area contributed by atoms with E-state index in [0.717, 1.165) is 11.4 Å². The molecule has 0 heterocycles. The topological polar surface area (TPSA) is 3.24 Å². The summed E-state index contributed by atoms with van der Waals surface area (Å²) in [6.45, 7) is 13.0. The molecule has 0 N–H and O–H groups in total. The second-order valence-corrected chi connectivity index (χ2v) is 7.78. The summed E-state index contributed by atoms with van der Waals surface area (Å²) in [4.78, 5) is 2.17. The molecule has 118 valence electrons. The van der Waals surface area contributed by atoms with E-state index in [2.05, 4.69) is 70.7 Å². The Bertz CT molecular complexity index is 630. The molecule has 2 aromatic rings. The molecule has 0 bridgehead atoms. The van der Waals surface area contributed by atoms with Gasteiger partial charge >= 0.3 is 0 Å². The van der Waals surface area contributed by atoms with Crippen LogP contribution in [0.4, 0.5) is 15.8 Å². The third-order valence-corrected chi connectivity index (χ3v) is 3.73. The van der Waals surface area contributed by atoms with E-state index in [9.17, 15) is 4.39 Å². The smallest absolute Gasteiger partial charge is 0.125 e. The van der Waals surface area contributed by atoms with Gasteiger partial charge in [-0.25, -0.2) is 4.39 Å². The fourth-order valence-corrected chi connectivity index (χ4v) is 2.65. The van der Waals surface area contributed by atoms with Crippen LogP contribution in [0.2, 0.25) is 0 Å². The molecule has 22 heavy (non-hydrogen) atoms. The Morgan fingerprint density at radius 1 is 0.773 bits per heavy atom. The number of nitrogens with zero attached hydrogens (tertiary/aromatic N) is 1. The Balaban J connectivity index is 2.47. The molecule has 0 unspecified atom stereocenters. The molecule has 2 aromatic carbocycles. The summed E-state index contributed by atoms with van der Waals surface area (Å²) < 4.78 is 13.6. The van der Waals surface area contributed by atoms with Crippen molar-refractivity contribution in [3.8, 4) is 0 Å². The summed E-state index contributed by atoms with van der Waals surface area (Å²) in [7, 11) is 0. The van der Waals surface area contributed by atoms with Crippen LogP contribution in [0.5, 0.6) is 0 Å². The van der Waals surface area contributed by atoms with Crippen LogP contribution in [0.1, 0.15) is 47.1 Å². The normalized spacial score (nSPS) is 12.3. The Hall–Kier alpha value is -1.83. The first-order chi connectivity index (χ1) is 10.1. The molecule has 0 amide bonds. The lowest BCUT2D eigenvalue weighted by molar-refractivity contribution is 0.556. The van der Waals surface area contributed by atoms with E-state index in [4.69, 9.17) is 0 Å². The molecule has 2 heteroatoms. The van der Waals surface area contributed by atoms with Gasteiger partial charge in [-0.05, 0) is 62.1 Å². The minimum Gasteiger partial charge on any atom is -0.336 e. The largest absolute Gasteiger partial charge is 0.336 e. The monoisotopic (exact) mass is 299 g/mol. The number of benzene rings is 2. The Morgan fingerprint density at radius 2 is 1.36 bits per heavy atom. The van der Waals surface area contributed by atoms with Crippen LogP contribution in [0.15, 0.2) is 48.5 Å². The predicted octanol–water partition coefficient (Wildman–Crippen LogP) is 6.06. The van der Waals surface area contributed by atoms with E-state index < -0.39 is 0 Å². The van der Waals surface area contributed by atoms with Gasteiger partial charge < -0.3 is 4.90 Å². The summed E-state index contributed by atoms with van der Waals surface area (Å²) >= 11 is 0. The molecule has 0 aliphatic carbocycles. The van der Waals surface area contributed by atoms with Gasteiger partial charge in [-0.15, -0.1) is 0 Å². The summed E-state index contributed by atoms with van der Waals surface area (Å²) in [5, 5.41) is 0. The Kier molecular flexibility index (Phi) is 4.32. The zero-order valence-electron chi connectivity index (χ0n) is 14.4. The molecule has 0 saturated carbocycles. The molecule has 0 aromatic heterocycles. The van der Waals surface area contributed by atoms with Crippen LogP contribution in [0, 0.1) is 5.82 Å². The summed E-state index contributed by atoms with van der Waals surface area (Å²) in [6.07, 6.45) is 0. The highest BCUT2D eigenvalue weighted by molar-refractivity contribution is 5.65. The van der Waals surface area contributed by atoms with E-state index in [-0.39, 0.29) is 16.8 Å². The van der Waals surface area contributed by atoms with Gasteiger partial charge in [0.05, 0.1) is 0 Å². The molecule has 0 spiro atoms. The van der Waals surface area contributed by atoms with Crippen LogP contribution in [-0.4, -0.2) is 5.54 Å². The molecule has 0 atom stereocenters. The first-order valence-electron chi connectivity index (χ1n) is 7.75. The van der Waals surface area contributed by atoms with Crippen LogP contribution in [0.3, 0.4) is 0 Å². The summed E-state index contributed by atoms with van der Waals surface area (Å²) in [5.74, 6) is -0.210. The lowest BCUT2D eigenvalue weighted by Gasteiger charge is -2.38. The second-order valence-electron chi connectivity index (χ2n) is 7.78. The fraction of sp³-hybridized carbons (Fsp3) is 0.400. The van der Waals surface area contributed by atoms with Crippen LogP contribution in [0.25, 0.3) is 0 Å². The molecule has 0 saturated heterocycles. The van der Waals surface area contributed by atoms with Crippen molar-refractivity contribution in [2.75, 3.05) is 4.90 Å². The van der Waals surface area contributed by atoms with Crippen molar-refractivity contribution in [1.29, 1.82) is 0 Å². The standard InChI is InChI=1S/C20H26FN/c1-19(2,3)15-10-12-17(13-11-15)22(20(4,5)6)18-9-7-8-16(21)14-18/h7-14H,1-6H3. The third-order valence-electron chi connectivity index (χ3n) is 3.73. The average Bonchev–Trinajstić information content (AvgIpc) is 2.37. The van der Waals surface area contributed by atoms with Crippen LogP contribution in [-0.2, 0) is 5.41 Å². The molecular formula is C20H26FN. The number of rotatable bonds is 2. The zero-order chi connectivity index (χ0) is 16.5. The Morgan fingerprint density at radius 3 is 1.82 bits per heavy atom. The van der Waals surface area contributed by atoms with Gasteiger partial charge in [0.2, 0.25) is 0 Å². The van der Waals surface area contributed by atoms with E-state index >= 15 is 0 Å². The maximum absolute atomic E-state index is 13.6. The first kappa shape index (κ1) is 16.5.